The molecule has 0 spiro atoms. The molecule has 0 unspecified atom stereocenters. The third-order valence-electron chi connectivity index (χ3n) is 4.23. The topological polar surface area (TPSA) is 89.7 Å². The quantitative estimate of drug-likeness (QED) is 0.302. The zero-order valence-corrected chi connectivity index (χ0v) is 15.5. The van der Waals surface area contributed by atoms with Crippen molar-refractivity contribution in [2.45, 2.75) is 0 Å². The van der Waals surface area contributed by atoms with E-state index in [1.165, 1.54) is 24.3 Å². The number of rotatable bonds is 5. The van der Waals surface area contributed by atoms with E-state index in [-0.39, 0.29) is 34.4 Å². The van der Waals surface area contributed by atoms with Crippen LogP contribution >= 0.6 is 0 Å². The van der Waals surface area contributed by atoms with Crippen molar-refractivity contribution in [1.29, 1.82) is 0 Å². The van der Waals surface area contributed by atoms with E-state index >= 15 is 0 Å². The molecule has 4 rings (SSSR count). The van der Waals surface area contributed by atoms with Crippen molar-refractivity contribution in [3.05, 3.63) is 102 Å². The first-order valence-electron chi connectivity index (χ1n) is 8.93. The second-order valence-electron chi connectivity index (χ2n) is 6.16. The third kappa shape index (κ3) is 3.83. The maximum absolute atomic E-state index is 14.2. The van der Waals surface area contributed by atoms with Crippen LogP contribution in [0, 0.1) is 11.6 Å². The van der Waals surface area contributed by atoms with Crippen molar-refractivity contribution in [2.75, 3.05) is 0 Å². The number of nitrogens with two attached hydrogens (primary N) is 1. The largest absolute Gasteiger partial charge is 0.332 e. The minimum atomic E-state index is -0.514. The van der Waals surface area contributed by atoms with E-state index in [4.69, 9.17) is 10.4 Å². The van der Waals surface area contributed by atoms with Gasteiger partial charge in [0.1, 0.15) is 17.3 Å². The van der Waals surface area contributed by atoms with Gasteiger partial charge in [0.25, 0.3) is 5.89 Å². The summed E-state index contributed by atoms with van der Waals surface area (Å²) in [5, 5.41) is 7.59. The molecule has 4 aromatic rings. The fourth-order valence-corrected chi connectivity index (χ4v) is 2.80. The van der Waals surface area contributed by atoms with Crippen LogP contribution in [-0.2, 0) is 0 Å². The number of para-hydroxylation sites is 1. The van der Waals surface area contributed by atoms with Crippen LogP contribution in [0.1, 0.15) is 11.5 Å². The number of halogens is 2. The summed E-state index contributed by atoms with van der Waals surface area (Å²) < 4.78 is 33.6. The normalized spacial score (nSPS) is 12.2. The Morgan fingerprint density at radius 3 is 2.17 bits per heavy atom. The number of aliphatic imine (C=N–C) groups is 1. The first-order chi connectivity index (χ1) is 14.7. The molecule has 0 bridgehead atoms. The predicted octanol–water partition coefficient (Wildman–Crippen LogP) is 4.50. The first kappa shape index (κ1) is 19.1. The standard InChI is InChI=1S/C22H15F2N5O/c23-16-11-5-4-10-15(16)21-27-22(30-29-21)20(28-25)19(14-8-2-1-3-9-14)26-18-13-7-6-12-17(18)24/h1-13H,25H2. The zero-order valence-electron chi connectivity index (χ0n) is 15.5. The van der Waals surface area contributed by atoms with Gasteiger partial charge in [0, 0.05) is 5.56 Å². The molecule has 6 nitrogen and oxygen atoms in total. The molecular formula is C22H15F2N5O. The molecule has 0 aliphatic rings. The first-order valence-corrected chi connectivity index (χ1v) is 8.93. The van der Waals surface area contributed by atoms with Gasteiger partial charge < -0.3 is 10.4 Å². The van der Waals surface area contributed by atoms with Gasteiger partial charge in [-0.1, -0.05) is 59.8 Å². The number of benzene rings is 3. The summed E-state index contributed by atoms with van der Waals surface area (Å²) >= 11 is 0. The molecule has 30 heavy (non-hydrogen) atoms. The fraction of sp³-hybridized carbons (Fsp3) is 0. The van der Waals surface area contributed by atoms with Crippen molar-refractivity contribution in [1.82, 2.24) is 10.1 Å². The van der Waals surface area contributed by atoms with Crippen molar-refractivity contribution >= 4 is 17.1 Å². The van der Waals surface area contributed by atoms with Crippen LogP contribution in [0.2, 0.25) is 0 Å². The highest BCUT2D eigenvalue weighted by Gasteiger charge is 2.23. The highest BCUT2D eigenvalue weighted by atomic mass is 19.1. The van der Waals surface area contributed by atoms with Gasteiger partial charge in [-0.2, -0.15) is 10.1 Å². The molecule has 148 valence electrons. The smallest absolute Gasteiger partial charge is 0.280 e. The van der Waals surface area contributed by atoms with Gasteiger partial charge >= 0.3 is 0 Å². The Hall–Kier alpha value is -4.20. The van der Waals surface area contributed by atoms with Gasteiger partial charge in [-0.15, -0.1) is 0 Å². The average Bonchev–Trinajstić information content (AvgIpc) is 3.25. The number of aromatic nitrogens is 2. The molecule has 0 saturated carbocycles. The SMILES string of the molecule is NN=C(C(=Nc1ccccc1F)c1ccccc1)c1nc(-c2ccccc2F)no1. The van der Waals surface area contributed by atoms with E-state index in [0.717, 1.165) is 0 Å². The number of hydrogen-bond donors (Lipinski definition) is 1. The Balaban J connectivity index is 1.83. The highest BCUT2D eigenvalue weighted by molar-refractivity contribution is 6.52. The summed E-state index contributed by atoms with van der Waals surface area (Å²) in [6.07, 6.45) is 0. The molecule has 0 radical (unpaired) electrons. The molecule has 8 heteroatoms. The van der Waals surface area contributed by atoms with E-state index in [0.29, 0.717) is 5.56 Å². The second kappa shape index (κ2) is 8.44. The summed E-state index contributed by atoms with van der Waals surface area (Å²) in [6.45, 7) is 0. The molecule has 0 aliphatic carbocycles. The van der Waals surface area contributed by atoms with Crippen LogP contribution in [0.4, 0.5) is 14.5 Å². The lowest BCUT2D eigenvalue weighted by Gasteiger charge is -2.07. The second-order valence-corrected chi connectivity index (χ2v) is 6.16. The van der Waals surface area contributed by atoms with Crippen molar-refractivity contribution in [3.63, 3.8) is 0 Å². The van der Waals surface area contributed by atoms with Crippen molar-refractivity contribution < 1.29 is 13.3 Å². The Morgan fingerprint density at radius 2 is 1.47 bits per heavy atom. The lowest BCUT2D eigenvalue weighted by Crippen LogP contribution is -2.19. The fourth-order valence-electron chi connectivity index (χ4n) is 2.80. The van der Waals surface area contributed by atoms with Gasteiger partial charge in [-0.05, 0) is 24.3 Å². The molecule has 0 fully saturated rings. The Kier molecular flexibility index (Phi) is 5.38. The molecule has 0 amide bonds. The highest BCUT2D eigenvalue weighted by Crippen LogP contribution is 2.22. The molecular weight excluding hydrogens is 388 g/mol. The van der Waals surface area contributed by atoms with Crippen molar-refractivity contribution in [3.8, 4) is 11.4 Å². The summed E-state index contributed by atoms with van der Waals surface area (Å²) in [5.41, 5.74) is 1.13. The number of hydrazone groups is 1. The number of hydrogen-bond acceptors (Lipinski definition) is 6. The molecule has 1 aromatic heterocycles. The summed E-state index contributed by atoms with van der Waals surface area (Å²) in [5.74, 6) is 4.57. The summed E-state index contributed by atoms with van der Waals surface area (Å²) in [4.78, 5) is 8.62. The van der Waals surface area contributed by atoms with E-state index < -0.39 is 11.6 Å². The van der Waals surface area contributed by atoms with Gasteiger partial charge in [0.15, 0.2) is 5.71 Å². The molecule has 0 saturated heterocycles. The summed E-state index contributed by atoms with van der Waals surface area (Å²) in [7, 11) is 0. The predicted molar refractivity (Wildman–Crippen MR) is 109 cm³/mol. The van der Waals surface area contributed by atoms with Crippen LogP contribution in [0.15, 0.2) is 93.5 Å². The average molecular weight is 403 g/mol. The molecule has 0 atom stereocenters. The van der Waals surface area contributed by atoms with Gasteiger partial charge in [0.05, 0.1) is 11.3 Å². The Morgan fingerprint density at radius 1 is 0.800 bits per heavy atom. The minimum Gasteiger partial charge on any atom is -0.332 e. The Labute approximate surface area is 170 Å². The van der Waals surface area contributed by atoms with Crippen molar-refractivity contribution in [2.24, 2.45) is 15.9 Å². The van der Waals surface area contributed by atoms with Crippen LogP contribution in [0.3, 0.4) is 0 Å². The lowest BCUT2D eigenvalue weighted by molar-refractivity contribution is 0.412. The van der Waals surface area contributed by atoms with E-state index in [1.54, 1.807) is 48.5 Å². The van der Waals surface area contributed by atoms with Crippen LogP contribution in [0.25, 0.3) is 11.4 Å². The maximum Gasteiger partial charge on any atom is 0.280 e. The van der Waals surface area contributed by atoms with E-state index in [2.05, 4.69) is 20.2 Å². The van der Waals surface area contributed by atoms with Crippen LogP contribution in [-0.4, -0.2) is 21.6 Å². The third-order valence-corrected chi connectivity index (χ3v) is 4.23. The molecule has 2 N–H and O–H groups in total. The van der Waals surface area contributed by atoms with Crippen LogP contribution < -0.4 is 5.84 Å². The maximum atomic E-state index is 14.2. The van der Waals surface area contributed by atoms with Gasteiger partial charge in [-0.3, -0.25) is 0 Å². The monoisotopic (exact) mass is 403 g/mol. The van der Waals surface area contributed by atoms with Gasteiger partial charge in [-0.25, -0.2) is 13.8 Å². The molecule has 0 aliphatic heterocycles. The van der Waals surface area contributed by atoms with Crippen LogP contribution in [0.5, 0.6) is 0 Å². The van der Waals surface area contributed by atoms with E-state index in [9.17, 15) is 8.78 Å². The number of nitrogens with zero attached hydrogens (tertiary/aromatic N) is 4. The molecule has 3 aromatic carbocycles. The lowest BCUT2D eigenvalue weighted by atomic mass is 10.1. The minimum absolute atomic E-state index is 0.0301. The summed E-state index contributed by atoms with van der Waals surface area (Å²) in [6, 6.07) is 21.0. The molecule has 1 heterocycles. The zero-order chi connectivity index (χ0) is 20.9. The Bertz CT molecular complexity index is 1240. The van der Waals surface area contributed by atoms with E-state index in [1.807, 2.05) is 6.07 Å². The van der Waals surface area contributed by atoms with Gasteiger partial charge in [0.2, 0.25) is 5.82 Å².